The van der Waals surface area contributed by atoms with Crippen LogP contribution in [0, 0.1) is 20.8 Å². The summed E-state index contributed by atoms with van der Waals surface area (Å²) in [5.74, 6) is 0.0285. The number of carbonyl (C=O) groups excluding carboxylic acids is 1. The molecular weight excluding hydrogens is 336 g/mol. The van der Waals surface area contributed by atoms with Gasteiger partial charge in [-0.05, 0) is 46.0 Å². The fourth-order valence-corrected chi connectivity index (χ4v) is 3.68. The van der Waals surface area contributed by atoms with E-state index in [-0.39, 0.29) is 11.7 Å². The maximum atomic E-state index is 13.0. The van der Waals surface area contributed by atoms with E-state index in [2.05, 4.69) is 24.2 Å². The van der Waals surface area contributed by atoms with Gasteiger partial charge in [-0.3, -0.25) is 9.69 Å². The highest BCUT2D eigenvalue weighted by Crippen LogP contribution is 2.33. The van der Waals surface area contributed by atoms with Crippen molar-refractivity contribution < 1.29 is 9.32 Å². The quantitative estimate of drug-likeness (QED) is 0.699. The molecule has 0 bridgehead atoms. The van der Waals surface area contributed by atoms with Gasteiger partial charge >= 0.3 is 0 Å². The highest BCUT2D eigenvalue weighted by atomic mass is 32.1. The molecule has 0 fully saturated rings. The molecule has 0 saturated heterocycles. The molecular formula is C18H22N4O2S. The Bertz CT molecular complexity index is 874. The van der Waals surface area contributed by atoms with Crippen molar-refractivity contribution >= 4 is 32.6 Å². The number of carbonyl (C=O) groups is 1. The van der Waals surface area contributed by atoms with E-state index < -0.39 is 0 Å². The second-order valence-corrected chi connectivity index (χ2v) is 7.44. The minimum absolute atomic E-state index is 0.211. The maximum absolute atomic E-state index is 13.0. The van der Waals surface area contributed by atoms with Crippen molar-refractivity contribution in [1.29, 1.82) is 0 Å². The zero-order chi connectivity index (χ0) is 18.1. The third-order valence-electron chi connectivity index (χ3n) is 4.02. The average Bonchev–Trinajstić information content (AvgIpc) is 3.18. The Kier molecular flexibility index (Phi) is 4.87. The minimum Gasteiger partial charge on any atom is -0.351 e. The smallest absolute Gasteiger partial charge is 0.298 e. The van der Waals surface area contributed by atoms with E-state index >= 15 is 0 Å². The van der Waals surface area contributed by atoms with Gasteiger partial charge in [0.05, 0.1) is 15.9 Å². The van der Waals surface area contributed by atoms with Crippen molar-refractivity contribution in [2.45, 2.75) is 20.8 Å². The Morgan fingerprint density at radius 3 is 2.48 bits per heavy atom. The summed E-state index contributed by atoms with van der Waals surface area (Å²) in [6, 6.07) is 5.81. The number of fused-ring (bicyclic) bond motifs is 1. The zero-order valence-corrected chi connectivity index (χ0v) is 16.0. The van der Waals surface area contributed by atoms with Crippen molar-refractivity contribution in [2.75, 3.05) is 32.1 Å². The number of anilines is 1. The maximum Gasteiger partial charge on any atom is 0.298 e. The van der Waals surface area contributed by atoms with Gasteiger partial charge in [0.15, 0.2) is 5.13 Å². The van der Waals surface area contributed by atoms with Crippen LogP contribution in [0.25, 0.3) is 10.2 Å². The van der Waals surface area contributed by atoms with Gasteiger partial charge in [0.2, 0.25) is 5.76 Å². The number of nitrogens with zero attached hydrogens (tertiary/aromatic N) is 4. The molecule has 1 aromatic carbocycles. The summed E-state index contributed by atoms with van der Waals surface area (Å²) in [7, 11) is 3.96. The van der Waals surface area contributed by atoms with Gasteiger partial charge in [-0.1, -0.05) is 28.6 Å². The molecule has 2 heterocycles. The van der Waals surface area contributed by atoms with Gasteiger partial charge in [0.25, 0.3) is 5.91 Å². The second kappa shape index (κ2) is 6.93. The first kappa shape index (κ1) is 17.6. The van der Waals surface area contributed by atoms with Gasteiger partial charge in [0.1, 0.15) is 0 Å². The van der Waals surface area contributed by atoms with E-state index in [4.69, 9.17) is 9.51 Å². The Morgan fingerprint density at radius 1 is 1.16 bits per heavy atom. The number of amides is 1. The van der Waals surface area contributed by atoms with Crippen LogP contribution in [0.5, 0.6) is 0 Å². The molecule has 0 unspecified atom stereocenters. The van der Waals surface area contributed by atoms with Crippen molar-refractivity contribution in [3.8, 4) is 0 Å². The Balaban J connectivity index is 2.03. The molecule has 0 aliphatic carbocycles. The van der Waals surface area contributed by atoms with E-state index in [1.54, 1.807) is 29.2 Å². The fourth-order valence-electron chi connectivity index (χ4n) is 2.54. The van der Waals surface area contributed by atoms with Gasteiger partial charge in [-0.25, -0.2) is 4.98 Å². The molecule has 3 rings (SSSR count). The van der Waals surface area contributed by atoms with Crippen LogP contribution in [-0.4, -0.2) is 48.1 Å². The van der Waals surface area contributed by atoms with E-state index in [9.17, 15) is 4.79 Å². The number of hydrogen-bond acceptors (Lipinski definition) is 6. The first-order valence-electron chi connectivity index (χ1n) is 8.13. The SMILES string of the molecule is Cc1cc(C(=O)N(CCN(C)C)c2nc3c(C)ccc(C)c3s2)on1. The summed E-state index contributed by atoms with van der Waals surface area (Å²) in [4.78, 5) is 21.4. The summed E-state index contributed by atoms with van der Waals surface area (Å²) >= 11 is 1.54. The Hall–Kier alpha value is -2.25. The topological polar surface area (TPSA) is 62.5 Å². The zero-order valence-electron chi connectivity index (χ0n) is 15.2. The third-order valence-corrected chi connectivity index (χ3v) is 5.23. The van der Waals surface area contributed by atoms with Gasteiger partial charge < -0.3 is 9.42 Å². The summed E-state index contributed by atoms with van der Waals surface area (Å²) in [5, 5.41) is 4.52. The lowest BCUT2D eigenvalue weighted by atomic mass is 10.1. The van der Waals surface area contributed by atoms with Crippen molar-refractivity contribution in [2.24, 2.45) is 0 Å². The molecule has 0 saturated carbocycles. The number of aromatic nitrogens is 2. The number of thiazole rings is 1. The van der Waals surface area contributed by atoms with E-state index in [1.165, 1.54) is 5.56 Å². The van der Waals surface area contributed by atoms with Crippen LogP contribution in [-0.2, 0) is 0 Å². The lowest BCUT2D eigenvalue weighted by molar-refractivity contribution is 0.0949. The van der Waals surface area contributed by atoms with Crippen LogP contribution in [0.2, 0.25) is 0 Å². The molecule has 0 radical (unpaired) electrons. The molecule has 2 aromatic heterocycles. The molecule has 1 amide bonds. The van der Waals surface area contributed by atoms with Crippen LogP contribution in [0.3, 0.4) is 0 Å². The van der Waals surface area contributed by atoms with Crippen LogP contribution in [0.15, 0.2) is 22.7 Å². The molecule has 6 nitrogen and oxygen atoms in total. The first-order chi connectivity index (χ1) is 11.9. The van der Waals surface area contributed by atoms with Crippen LogP contribution in [0.4, 0.5) is 5.13 Å². The lowest BCUT2D eigenvalue weighted by Gasteiger charge is -2.20. The molecule has 0 N–H and O–H groups in total. The van der Waals surface area contributed by atoms with Gasteiger partial charge in [-0.2, -0.15) is 0 Å². The Labute approximate surface area is 151 Å². The summed E-state index contributed by atoms with van der Waals surface area (Å²) < 4.78 is 6.30. The number of rotatable bonds is 5. The molecule has 7 heteroatoms. The van der Waals surface area contributed by atoms with E-state index in [0.29, 0.717) is 17.4 Å². The average molecular weight is 358 g/mol. The number of likely N-dealkylation sites (N-methyl/N-ethyl adjacent to an activating group) is 1. The van der Waals surface area contributed by atoms with E-state index in [1.807, 2.05) is 25.9 Å². The van der Waals surface area contributed by atoms with E-state index in [0.717, 1.165) is 22.3 Å². The van der Waals surface area contributed by atoms with Crippen molar-refractivity contribution in [3.05, 3.63) is 40.8 Å². The Morgan fingerprint density at radius 2 is 1.88 bits per heavy atom. The molecule has 0 aliphatic heterocycles. The second-order valence-electron chi connectivity index (χ2n) is 6.47. The summed E-state index contributed by atoms with van der Waals surface area (Å²) in [6.45, 7) is 7.16. The largest absolute Gasteiger partial charge is 0.351 e. The first-order valence-corrected chi connectivity index (χ1v) is 8.95. The molecule has 3 aromatic rings. The van der Waals surface area contributed by atoms with Crippen LogP contribution >= 0.6 is 11.3 Å². The number of hydrogen-bond donors (Lipinski definition) is 0. The molecule has 0 spiro atoms. The summed E-state index contributed by atoms with van der Waals surface area (Å²) in [5.41, 5.74) is 3.92. The number of benzene rings is 1. The molecule has 0 aliphatic rings. The van der Waals surface area contributed by atoms with Crippen molar-refractivity contribution in [1.82, 2.24) is 15.0 Å². The lowest BCUT2D eigenvalue weighted by Crippen LogP contribution is -2.36. The normalized spacial score (nSPS) is 11.4. The molecule has 0 atom stereocenters. The van der Waals surface area contributed by atoms with Crippen LogP contribution < -0.4 is 4.90 Å². The highest BCUT2D eigenvalue weighted by Gasteiger charge is 2.25. The predicted octanol–water partition coefficient (Wildman–Crippen LogP) is 3.42. The fraction of sp³-hybridized carbons (Fsp3) is 0.389. The standard InChI is InChI=1S/C18H22N4O2S/c1-11-6-7-12(2)16-15(11)19-18(25-16)22(9-8-21(4)5)17(23)14-10-13(3)20-24-14/h6-7,10H,8-9H2,1-5H3. The van der Waals surface area contributed by atoms with Gasteiger partial charge in [-0.15, -0.1) is 0 Å². The number of aryl methyl sites for hydroxylation is 3. The molecule has 25 heavy (non-hydrogen) atoms. The molecule has 132 valence electrons. The monoisotopic (exact) mass is 358 g/mol. The predicted molar refractivity (Wildman–Crippen MR) is 101 cm³/mol. The minimum atomic E-state index is -0.211. The van der Waals surface area contributed by atoms with Crippen molar-refractivity contribution in [3.63, 3.8) is 0 Å². The van der Waals surface area contributed by atoms with Gasteiger partial charge in [0, 0.05) is 19.2 Å². The summed E-state index contributed by atoms with van der Waals surface area (Å²) in [6.07, 6.45) is 0. The van der Waals surface area contributed by atoms with Crippen LogP contribution in [0.1, 0.15) is 27.4 Å². The highest BCUT2D eigenvalue weighted by molar-refractivity contribution is 7.22. The third kappa shape index (κ3) is 3.57.